The first-order valence-electron chi connectivity index (χ1n) is 7.78. The van der Waals surface area contributed by atoms with Gasteiger partial charge in [0.15, 0.2) is 5.17 Å². The van der Waals surface area contributed by atoms with Crippen LogP contribution in [0.3, 0.4) is 0 Å². The van der Waals surface area contributed by atoms with Gasteiger partial charge in [0.25, 0.3) is 5.91 Å². The van der Waals surface area contributed by atoms with Crippen LogP contribution in [-0.2, 0) is 4.79 Å². The molecule has 0 aromatic heterocycles. The molecule has 2 aliphatic rings. The molecule has 6 heteroatoms. The van der Waals surface area contributed by atoms with Gasteiger partial charge in [0.1, 0.15) is 5.75 Å². The Bertz CT molecular complexity index is 667. The monoisotopic (exact) mass is 394 g/mol. The lowest BCUT2D eigenvalue weighted by molar-refractivity contribution is -0.115. The van der Waals surface area contributed by atoms with Gasteiger partial charge in [-0.25, -0.2) is 0 Å². The molecule has 1 aliphatic heterocycles. The minimum absolute atomic E-state index is 0.0911. The van der Waals surface area contributed by atoms with E-state index in [1.54, 1.807) is 7.11 Å². The van der Waals surface area contributed by atoms with Crippen LogP contribution >= 0.6 is 27.7 Å². The molecule has 1 amide bonds. The fourth-order valence-corrected chi connectivity index (χ4v) is 4.09. The normalized spacial score (nSPS) is 22.6. The van der Waals surface area contributed by atoms with E-state index in [1.165, 1.54) is 31.0 Å². The summed E-state index contributed by atoms with van der Waals surface area (Å²) in [4.78, 5) is 17.5. The van der Waals surface area contributed by atoms with Gasteiger partial charge in [-0.2, -0.15) is 0 Å². The third-order valence-corrected chi connectivity index (χ3v) is 5.42. The van der Waals surface area contributed by atoms with Crippen molar-refractivity contribution in [1.82, 2.24) is 5.32 Å². The predicted molar refractivity (Wildman–Crippen MR) is 98.7 cm³/mol. The molecule has 1 aromatic rings. The van der Waals surface area contributed by atoms with Gasteiger partial charge in [0.05, 0.1) is 18.1 Å². The summed E-state index contributed by atoms with van der Waals surface area (Å²) in [5.74, 6) is 0.651. The number of benzene rings is 1. The summed E-state index contributed by atoms with van der Waals surface area (Å²) in [5.41, 5.74) is 0.874. The zero-order chi connectivity index (χ0) is 16.2. The van der Waals surface area contributed by atoms with Crippen LogP contribution in [0.2, 0.25) is 0 Å². The molecule has 0 unspecified atom stereocenters. The number of nitrogens with one attached hydrogen (secondary N) is 1. The maximum atomic E-state index is 12.2. The highest BCUT2D eigenvalue weighted by Crippen LogP contribution is 2.32. The van der Waals surface area contributed by atoms with Crippen molar-refractivity contribution < 1.29 is 9.53 Å². The number of thioether (sulfide) groups is 1. The van der Waals surface area contributed by atoms with Crippen LogP contribution in [0.5, 0.6) is 5.75 Å². The lowest BCUT2D eigenvalue weighted by atomic mass is 9.96. The lowest BCUT2D eigenvalue weighted by Gasteiger charge is -2.17. The summed E-state index contributed by atoms with van der Waals surface area (Å²) >= 11 is 4.86. The van der Waals surface area contributed by atoms with Crippen molar-refractivity contribution in [2.45, 2.75) is 38.1 Å². The first-order chi connectivity index (χ1) is 11.2. The van der Waals surface area contributed by atoms with E-state index < -0.39 is 0 Å². The quantitative estimate of drug-likeness (QED) is 0.775. The lowest BCUT2D eigenvalue weighted by Crippen LogP contribution is -2.22. The Balaban J connectivity index is 1.80. The first kappa shape index (κ1) is 16.6. The number of halogens is 1. The number of hydrogen-bond acceptors (Lipinski definition) is 4. The van der Waals surface area contributed by atoms with E-state index in [0.717, 1.165) is 33.8 Å². The number of hydrogen-bond donors (Lipinski definition) is 1. The summed E-state index contributed by atoms with van der Waals surface area (Å²) < 4.78 is 6.31. The molecule has 0 radical (unpaired) electrons. The van der Waals surface area contributed by atoms with Gasteiger partial charge in [-0.15, -0.1) is 0 Å². The molecule has 1 heterocycles. The molecule has 122 valence electrons. The van der Waals surface area contributed by atoms with Gasteiger partial charge < -0.3 is 10.1 Å². The van der Waals surface area contributed by atoms with Gasteiger partial charge >= 0.3 is 0 Å². The number of methoxy groups -OCH3 is 1. The maximum absolute atomic E-state index is 12.2. The van der Waals surface area contributed by atoms with Crippen molar-refractivity contribution in [1.29, 1.82) is 0 Å². The van der Waals surface area contributed by atoms with Crippen LogP contribution in [0, 0.1) is 0 Å². The number of rotatable bonds is 3. The topological polar surface area (TPSA) is 50.7 Å². The molecule has 23 heavy (non-hydrogen) atoms. The Morgan fingerprint density at radius 3 is 2.87 bits per heavy atom. The van der Waals surface area contributed by atoms with Gasteiger partial charge in [0, 0.05) is 10.0 Å². The van der Waals surface area contributed by atoms with E-state index in [1.807, 2.05) is 24.3 Å². The Hall–Kier alpha value is -1.27. The van der Waals surface area contributed by atoms with Crippen LogP contribution in [0.1, 0.15) is 37.7 Å². The number of ether oxygens (including phenoxy) is 1. The van der Waals surface area contributed by atoms with E-state index in [9.17, 15) is 4.79 Å². The molecular formula is C17H19BrN2O2S. The molecular weight excluding hydrogens is 376 g/mol. The highest BCUT2D eigenvalue weighted by atomic mass is 79.9. The number of aliphatic imine (C=N–C) groups is 1. The molecule has 0 atom stereocenters. The summed E-state index contributed by atoms with van der Waals surface area (Å²) in [5, 5.41) is 3.60. The summed E-state index contributed by atoms with van der Waals surface area (Å²) in [6, 6.07) is 6.09. The van der Waals surface area contributed by atoms with Crippen LogP contribution in [0.25, 0.3) is 6.08 Å². The molecule has 1 aromatic carbocycles. The van der Waals surface area contributed by atoms with Crippen LogP contribution in [-0.4, -0.2) is 24.2 Å². The standard InChI is InChI=1S/C17H19BrN2O2S/c1-22-14-8-7-12(18)9-11(14)10-15-16(21)20-17(23-15)19-13-5-3-2-4-6-13/h7-10,13H,2-6H2,1H3,(H,19,20,21)/b15-10-. The summed E-state index contributed by atoms with van der Waals surface area (Å²) in [7, 11) is 1.63. The molecule has 0 bridgehead atoms. The smallest absolute Gasteiger partial charge is 0.264 e. The molecule has 1 N–H and O–H groups in total. The van der Waals surface area contributed by atoms with Crippen LogP contribution < -0.4 is 10.1 Å². The van der Waals surface area contributed by atoms with E-state index >= 15 is 0 Å². The Morgan fingerprint density at radius 2 is 2.13 bits per heavy atom. The highest BCUT2D eigenvalue weighted by molar-refractivity contribution is 9.10. The van der Waals surface area contributed by atoms with Crippen LogP contribution in [0.4, 0.5) is 0 Å². The van der Waals surface area contributed by atoms with E-state index in [2.05, 4.69) is 21.2 Å². The Kier molecular flexibility index (Phi) is 5.43. The number of carbonyl (C=O) groups excluding carboxylic acids is 1. The largest absolute Gasteiger partial charge is 0.496 e. The third kappa shape index (κ3) is 4.18. The minimum Gasteiger partial charge on any atom is -0.496 e. The van der Waals surface area contributed by atoms with Crippen molar-refractivity contribution in [3.8, 4) is 5.75 Å². The zero-order valence-corrected chi connectivity index (χ0v) is 15.4. The fourth-order valence-electron chi connectivity index (χ4n) is 2.82. The van der Waals surface area contributed by atoms with Crippen molar-refractivity contribution in [2.24, 2.45) is 4.99 Å². The molecule has 2 fully saturated rings. The average Bonchev–Trinajstić information content (AvgIpc) is 2.88. The van der Waals surface area contributed by atoms with Gasteiger partial charge in [-0.1, -0.05) is 35.2 Å². The zero-order valence-electron chi connectivity index (χ0n) is 13.0. The fraction of sp³-hybridized carbons (Fsp3) is 0.412. The maximum Gasteiger partial charge on any atom is 0.264 e. The number of amidine groups is 1. The molecule has 1 aliphatic carbocycles. The second-order valence-corrected chi connectivity index (χ2v) is 7.62. The van der Waals surface area contributed by atoms with E-state index in [4.69, 9.17) is 9.73 Å². The van der Waals surface area contributed by atoms with Crippen molar-refractivity contribution >= 4 is 44.8 Å². The second-order valence-electron chi connectivity index (χ2n) is 5.68. The molecule has 3 rings (SSSR count). The van der Waals surface area contributed by atoms with Crippen molar-refractivity contribution in [3.63, 3.8) is 0 Å². The van der Waals surface area contributed by atoms with E-state index in [-0.39, 0.29) is 5.91 Å². The third-order valence-electron chi connectivity index (χ3n) is 4.00. The summed E-state index contributed by atoms with van der Waals surface area (Å²) in [6.07, 6.45) is 7.87. The SMILES string of the molecule is COc1ccc(Br)cc1/C=C1\SC(=NC2CCCCC2)NC1=O. The molecule has 0 spiro atoms. The minimum atomic E-state index is -0.0911. The second kappa shape index (κ2) is 7.53. The van der Waals surface area contributed by atoms with Gasteiger partial charge in [-0.05, 0) is 48.9 Å². The van der Waals surface area contributed by atoms with E-state index in [0.29, 0.717) is 10.9 Å². The van der Waals surface area contributed by atoms with Gasteiger partial charge in [0.2, 0.25) is 0 Å². The summed E-state index contributed by atoms with van der Waals surface area (Å²) in [6.45, 7) is 0. The predicted octanol–water partition coefficient (Wildman–Crippen LogP) is 4.35. The van der Waals surface area contributed by atoms with Crippen molar-refractivity contribution in [2.75, 3.05) is 7.11 Å². The molecule has 1 saturated heterocycles. The molecule has 4 nitrogen and oxygen atoms in total. The number of amides is 1. The average molecular weight is 395 g/mol. The van der Waals surface area contributed by atoms with Crippen LogP contribution in [0.15, 0.2) is 32.6 Å². The van der Waals surface area contributed by atoms with Gasteiger partial charge in [-0.3, -0.25) is 9.79 Å². The highest BCUT2D eigenvalue weighted by Gasteiger charge is 2.25. The Morgan fingerprint density at radius 1 is 1.35 bits per heavy atom. The number of carbonyl (C=O) groups is 1. The number of nitrogens with zero attached hydrogens (tertiary/aromatic N) is 1. The first-order valence-corrected chi connectivity index (χ1v) is 9.39. The Labute approximate surface area is 148 Å². The van der Waals surface area contributed by atoms with Crippen molar-refractivity contribution in [3.05, 3.63) is 33.1 Å². The molecule has 1 saturated carbocycles.